The van der Waals surface area contributed by atoms with E-state index >= 15 is 0 Å². The van der Waals surface area contributed by atoms with Crippen LogP contribution >= 0.6 is 0 Å². The molecule has 0 aromatic rings. The number of hydrogen-bond donors (Lipinski definition) is 1. The lowest BCUT2D eigenvalue weighted by atomic mass is 10.1. The Balaban J connectivity index is 4.48. The fourth-order valence-electron chi connectivity index (χ4n) is 0.764. The molecule has 0 aliphatic rings. The van der Waals surface area contributed by atoms with E-state index in [1.807, 2.05) is 20.8 Å². The number of carbonyl (C=O) groups is 1. The normalized spacial score (nSPS) is 14.3. The van der Waals surface area contributed by atoms with Crippen molar-refractivity contribution in [2.75, 3.05) is 0 Å². The van der Waals surface area contributed by atoms with Gasteiger partial charge in [0.25, 0.3) is 5.91 Å². The van der Waals surface area contributed by atoms with Gasteiger partial charge in [0.15, 0.2) is 0 Å². The molecule has 4 nitrogen and oxygen atoms in total. The number of amides is 1. The maximum atomic E-state index is 11.6. The first-order chi connectivity index (χ1) is 7.02. The Labute approximate surface area is 91.2 Å². The van der Waals surface area contributed by atoms with Gasteiger partial charge in [-0.05, 0) is 26.5 Å². The average molecular weight is 209 g/mol. The Bertz CT molecular complexity index is 280. The molecule has 0 spiro atoms. The van der Waals surface area contributed by atoms with Gasteiger partial charge < -0.3 is 5.32 Å². The highest BCUT2D eigenvalue weighted by Gasteiger charge is 2.13. The summed E-state index contributed by atoms with van der Waals surface area (Å²) in [6.45, 7) is 11.1. The summed E-state index contributed by atoms with van der Waals surface area (Å²) in [6, 6.07) is 0.105. The Kier molecular flexibility index (Phi) is 6.25. The van der Waals surface area contributed by atoms with Crippen molar-refractivity contribution in [2.24, 2.45) is 15.9 Å². The van der Waals surface area contributed by atoms with Gasteiger partial charge in [-0.3, -0.25) is 14.8 Å². The first kappa shape index (κ1) is 13.5. The molecule has 0 saturated carbocycles. The van der Waals surface area contributed by atoms with Gasteiger partial charge in [0.2, 0.25) is 0 Å². The monoisotopic (exact) mass is 209 g/mol. The number of carbonyl (C=O) groups excluding carboxylic acids is 1. The van der Waals surface area contributed by atoms with Gasteiger partial charge in [0.05, 0.1) is 6.20 Å². The van der Waals surface area contributed by atoms with E-state index in [1.54, 1.807) is 13.1 Å². The zero-order valence-electron chi connectivity index (χ0n) is 9.82. The summed E-state index contributed by atoms with van der Waals surface area (Å²) < 4.78 is 0. The van der Waals surface area contributed by atoms with Crippen molar-refractivity contribution in [3.8, 4) is 0 Å². The lowest BCUT2D eigenvalue weighted by Crippen LogP contribution is -2.36. The second kappa shape index (κ2) is 6.92. The van der Waals surface area contributed by atoms with Crippen molar-refractivity contribution >= 4 is 18.8 Å². The molecular weight excluding hydrogens is 190 g/mol. The van der Waals surface area contributed by atoms with Crippen LogP contribution in [0.3, 0.4) is 0 Å². The maximum Gasteiger partial charge on any atom is 0.271 e. The number of hydrogen-bond acceptors (Lipinski definition) is 3. The van der Waals surface area contributed by atoms with Crippen LogP contribution < -0.4 is 5.32 Å². The Hall–Kier alpha value is -1.45. The van der Waals surface area contributed by atoms with Crippen molar-refractivity contribution < 1.29 is 4.79 Å². The van der Waals surface area contributed by atoms with Crippen LogP contribution in [0.5, 0.6) is 0 Å². The molecule has 4 heteroatoms. The van der Waals surface area contributed by atoms with Crippen LogP contribution in [0.1, 0.15) is 27.7 Å². The standard InChI is InChI=1S/C11H19N3O/c1-6-13-7-10(12-5)11(15)14-9(4)8(2)3/h6-9H,5H2,1-4H3,(H,14,15)/b10-7-,13-6-/t9-/m1/s1. The molecule has 0 aromatic carbocycles. The van der Waals surface area contributed by atoms with Crippen LogP contribution in [0.2, 0.25) is 0 Å². The van der Waals surface area contributed by atoms with Gasteiger partial charge in [0, 0.05) is 12.3 Å². The van der Waals surface area contributed by atoms with E-state index in [-0.39, 0.29) is 17.6 Å². The summed E-state index contributed by atoms with van der Waals surface area (Å²) in [5.74, 6) is 0.145. The molecule has 0 radical (unpaired) electrons. The molecule has 84 valence electrons. The average Bonchev–Trinajstić information content (AvgIpc) is 2.18. The minimum Gasteiger partial charge on any atom is -0.348 e. The molecule has 0 aromatic heterocycles. The predicted molar refractivity (Wildman–Crippen MR) is 64.2 cm³/mol. The molecule has 0 rings (SSSR count). The Morgan fingerprint density at radius 1 is 1.40 bits per heavy atom. The number of nitrogens with zero attached hydrogens (tertiary/aromatic N) is 2. The molecule has 0 fully saturated rings. The number of rotatable bonds is 5. The van der Waals surface area contributed by atoms with E-state index in [2.05, 4.69) is 22.0 Å². The highest BCUT2D eigenvalue weighted by Crippen LogP contribution is 2.03. The largest absolute Gasteiger partial charge is 0.348 e. The molecule has 0 aliphatic carbocycles. The van der Waals surface area contributed by atoms with E-state index in [9.17, 15) is 4.79 Å². The number of aliphatic imine (C=N–C) groups is 2. The van der Waals surface area contributed by atoms with Gasteiger partial charge in [-0.2, -0.15) is 0 Å². The second-order valence-corrected chi connectivity index (χ2v) is 3.59. The molecule has 0 unspecified atom stereocenters. The minimum atomic E-state index is -0.239. The fraction of sp³-hybridized carbons (Fsp3) is 0.545. The lowest BCUT2D eigenvalue weighted by molar-refractivity contribution is -0.118. The zero-order valence-corrected chi connectivity index (χ0v) is 9.82. The molecule has 1 N–H and O–H groups in total. The van der Waals surface area contributed by atoms with Crippen molar-refractivity contribution in [2.45, 2.75) is 33.7 Å². The topological polar surface area (TPSA) is 53.8 Å². The quantitative estimate of drug-likeness (QED) is 0.544. The van der Waals surface area contributed by atoms with Crippen molar-refractivity contribution in [3.05, 3.63) is 11.9 Å². The highest BCUT2D eigenvalue weighted by atomic mass is 16.2. The van der Waals surface area contributed by atoms with E-state index in [0.717, 1.165) is 0 Å². The van der Waals surface area contributed by atoms with Gasteiger partial charge in [0.1, 0.15) is 5.70 Å². The minimum absolute atomic E-state index is 0.105. The van der Waals surface area contributed by atoms with Crippen LogP contribution in [0.25, 0.3) is 0 Å². The summed E-state index contributed by atoms with van der Waals surface area (Å²) in [7, 11) is 0. The lowest BCUT2D eigenvalue weighted by Gasteiger charge is -2.16. The summed E-state index contributed by atoms with van der Waals surface area (Å²) in [4.78, 5) is 19.1. The van der Waals surface area contributed by atoms with Crippen LogP contribution in [-0.4, -0.2) is 24.9 Å². The van der Waals surface area contributed by atoms with Crippen LogP contribution in [0.4, 0.5) is 0 Å². The van der Waals surface area contributed by atoms with Gasteiger partial charge in [-0.25, -0.2) is 0 Å². The first-order valence-corrected chi connectivity index (χ1v) is 4.98. The summed E-state index contributed by atoms with van der Waals surface area (Å²) in [5, 5.41) is 2.82. The third kappa shape index (κ3) is 5.10. The maximum absolute atomic E-state index is 11.6. The van der Waals surface area contributed by atoms with E-state index in [0.29, 0.717) is 5.92 Å². The van der Waals surface area contributed by atoms with Crippen LogP contribution in [-0.2, 0) is 4.79 Å². The summed E-state index contributed by atoms with van der Waals surface area (Å²) in [5.41, 5.74) is 0.237. The highest BCUT2D eigenvalue weighted by molar-refractivity contribution is 5.93. The third-order valence-electron chi connectivity index (χ3n) is 2.11. The van der Waals surface area contributed by atoms with Gasteiger partial charge in [-0.1, -0.05) is 13.8 Å². The Morgan fingerprint density at radius 3 is 2.40 bits per heavy atom. The van der Waals surface area contributed by atoms with Gasteiger partial charge in [-0.15, -0.1) is 0 Å². The molecule has 15 heavy (non-hydrogen) atoms. The fourth-order valence-corrected chi connectivity index (χ4v) is 0.764. The SMILES string of the molecule is C=N/C(=C\N=C/C)C(=O)N[C@H](C)C(C)C. The summed E-state index contributed by atoms with van der Waals surface area (Å²) in [6.07, 6.45) is 2.99. The molecule has 1 atom stereocenters. The zero-order chi connectivity index (χ0) is 11.8. The smallest absolute Gasteiger partial charge is 0.271 e. The Morgan fingerprint density at radius 2 is 2.00 bits per heavy atom. The number of nitrogens with one attached hydrogen (secondary N) is 1. The summed E-state index contributed by atoms with van der Waals surface area (Å²) >= 11 is 0. The van der Waals surface area contributed by atoms with Crippen LogP contribution in [0.15, 0.2) is 21.9 Å². The molecular formula is C11H19N3O. The van der Waals surface area contributed by atoms with Gasteiger partial charge >= 0.3 is 0 Å². The van der Waals surface area contributed by atoms with Crippen molar-refractivity contribution in [3.63, 3.8) is 0 Å². The second-order valence-electron chi connectivity index (χ2n) is 3.59. The molecule has 0 saturated heterocycles. The van der Waals surface area contributed by atoms with Crippen molar-refractivity contribution in [1.82, 2.24) is 5.32 Å². The molecule has 0 heterocycles. The molecule has 1 amide bonds. The molecule has 0 aliphatic heterocycles. The third-order valence-corrected chi connectivity index (χ3v) is 2.11. The van der Waals surface area contributed by atoms with E-state index < -0.39 is 0 Å². The van der Waals surface area contributed by atoms with Crippen molar-refractivity contribution in [1.29, 1.82) is 0 Å². The predicted octanol–water partition coefficient (Wildman–Crippen LogP) is 1.78. The van der Waals surface area contributed by atoms with E-state index in [4.69, 9.17) is 0 Å². The first-order valence-electron chi connectivity index (χ1n) is 4.98. The van der Waals surface area contributed by atoms with E-state index in [1.165, 1.54) is 6.20 Å². The molecule has 0 bridgehead atoms. The van der Waals surface area contributed by atoms with Crippen LogP contribution in [0, 0.1) is 5.92 Å².